The first-order valence-electron chi connectivity index (χ1n) is 6.95. The van der Waals surface area contributed by atoms with Gasteiger partial charge in [0, 0.05) is 50.3 Å². The van der Waals surface area contributed by atoms with Gasteiger partial charge in [0.25, 0.3) is 0 Å². The first-order chi connectivity index (χ1) is 9.26. The summed E-state index contributed by atoms with van der Waals surface area (Å²) in [5.74, 6) is 2.99. The van der Waals surface area contributed by atoms with Gasteiger partial charge in [0.15, 0.2) is 5.96 Å². The summed E-state index contributed by atoms with van der Waals surface area (Å²) >= 11 is 1.98. The molecule has 0 aromatic rings. The van der Waals surface area contributed by atoms with Gasteiger partial charge < -0.3 is 20.1 Å². The zero-order valence-electron chi connectivity index (χ0n) is 11.8. The molecule has 0 amide bonds. The fourth-order valence-electron chi connectivity index (χ4n) is 2.60. The summed E-state index contributed by atoms with van der Waals surface area (Å²) in [6.45, 7) is 5.13. The summed E-state index contributed by atoms with van der Waals surface area (Å²) in [6, 6.07) is 0. The van der Waals surface area contributed by atoms with Gasteiger partial charge in [-0.05, 0) is 12.8 Å². The number of hydrogen-bond acceptors (Lipinski definition) is 4. The largest absolute Gasteiger partial charge is 0.384 e. The summed E-state index contributed by atoms with van der Waals surface area (Å²) in [7, 11) is 1.76. The van der Waals surface area contributed by atoms with Crippen molar-refractivity contribution in [2.75, 3.05) is 58.1 Å². The molecule has 0 aromatic heterocycles. The minimum absolute atomic E-state index is 0.113. The Hall–Kier alpha value is -0.460. The maximum absolute atomic E-state index is 6.12. The minimum atomic E-state index is 0.113. The van der Waals surface area contributed by atoms with Crippen LogP contribution in [0.1, 0.15) is 12.8 Å². The standard InChI is InChI=1S/C13H25N3O2S/c1-17-11-13(2-6-18-7-3-13)10-15-12(14)16-4-8-19-9-5-16/h2-11H2,1H3,(H2,14,15). The third-order valence-electron chi connectivity index (χ3n) is 3.92. The highest BCUT2D eigenvalue weighted by Gasteiger charge is 2.32. The smallest absolute Gasteiger partial charge is 0.191 e. The van der Waals surface area contributed by atoms with Crippen molar-refractivity contribution in [2.45, 2.75) is 12.8 Å². The van der Waals surface area contributed by atoms with Crippen molar-refractivity contribution in [2.24, 2.45) is 16.1 Å². The fraction of sp³-hybridized carbons (Fsp3) is 0.923. The normalized spacial score (nSPS) is 24.5. The maximum Gasteiger partial charge on any atom is 0.191 e. The summed E-state index contributed by atoms with van der Waals surface area (Å²) in [6.07, 6.45) is 2.01. The molecule has 2 rings (SSSR count). The Morgan fingerprint density at radius 1 is 1.37 bits per heavy atom. The third kappa shape index (κ3) is 4.26. The van der Waals surface area contributed by atoms with E-state index >= 15 is 0 Å². The molecule has 6 heteroatoms. The van der Waals surface area contributed by atoms with Crippen LogP contribution in [-0.4, -0.2) is 68.9 Å². The molecule has 0 aromatic carbocycles. The first kappa shape index (κ1) is 14.9. The molecule has 0 spiro atoms. The highest BCUT2D eigenvalue weighted by atomic mass is 32.2. The zero-order valence-corrected chi connectivity index (χ0v) is 12.6. The predicted octanol–water partition coefficient (Wildman–Crippen LogP) is 0.793. The van der Waals surface area contributed by atoms with E-state index < -0.39 is 0 Å². The van der Waals surface area contributed by atoms with Crippen molar-refractivity contribution >= 4 is 17.7 Å². The van der Waals surface area contributed by atoms with Crippen LogP contribution in [0, 0.1) is 5.41 Å². The van der Waals surface area contributed by atoms with Gasteiger partial charge in [-0.3, -0.25) is 4.99 Å². The van der Waals surface area contributed by atoms with E-state index in [0.29, 0.717) is 5.96 Å². The van der Waals surface area contributed by atoms with Gasteiger partial charge in [-0.1, -0.05) is 0 Å². The van der Waals surface area contributed by atoms with Crippen LogP contribution in [0.5, 0.6) is 0 Å². The quantitative estimate of drug-likeness (QED) is 0.612. The third-order valence-corrected chi connectivity index (χ3v) is 4.86. The van der Waals surface area contributed by atoms with E-state index in [1.807, 2.05) is 11.8 Å². The number of guanidine groups is 1. The molecule has 0 atom stereocenters. The number of ether oxygens (including phenoxy) is 2. The molecular formula is C13H25N3O2S. The molecule has 2 aliphatic heterocycles. The predicted molar refractivity (Wildman–Crippen MR) is 79.7 cm³/mol. The molecule has 0 unspecified atom stereocenters. The number of methoxy groups -OCH3 is 1. The van der Waals surface area contributed by atoms with Crippen LogP contribution in [0.25, 0.3) is 0 Å². The zero-order chi connectivity index (χ0) is 13.6. The molecule has 5 nitrogen and oxygen atoms in total. The van der Waals surface area contributed by atoms with Gasteiger partial charge in [0.2, 0.25) is 0 Å². The van der Waals surface area contributed by atoms with E-state index in [2.05, 4.69) is 9.89 Å². The Morgan fingerprint density at radius 3 is 2.68 bits per heavy atom. The lowest BCUT2D eigenvalue weighted by atomic mass is 9.81. The van der Waals surface area contributed by atoms with E-state index in [4.69, 9.17) is 15.2 Å². The molecule has 0 radical (unpaired) electrons. The second kappa shape index (κ2) is 7.36. The number of nitrogens with zero attached hydrogens (tertiary/aromatic N) is 2. The summed E-state index contributed by atoms with van der Waals surface area (Å²) in [5, 5.41) is 0. The Balaban J connectivity index is 1.92. The summed E-state index contributed by atoms with van der Waals surface area (Å²) in [5.41, 5.74) is 6.23. The van der Waals surface area contributed by atoms with Gasteiger partial charge in [-0.2, -0.15) is 11.8 Å². The SMILES string of the molecule is COCC1(CN=C(N)N2CCSCC2)CCOCC1. The van der Waals surface area contributed by atoms with Crippen LogP contribution in [0.15, 0.2) is 4.99 Å². The Kier molecular flexibility index (Phi) is 5.78. The number of thioether (sulfide) groups is 1. The van der Waals surface area contributed by atoms with Crippen LogP contribution in [0.3, 0.4) is 0 Å². The van der Waals surface area contributed by atoms with Crippen molar-refractivity contribution in [3.63, 3.8) is 0 Å². The molecule has 2 aliphatic rings. The van der Waals surface area contributed by atoms with Gasteiger partial charge in [-0.25, -0.2) is 0 Å². The fourth-order valence-corrected chi connectivity index (χ4v) is 3.50. The van der Waals surface area contributed by atoms with Crippen LogP contribution in [-0.2, 0) is 9.47 Å². The van der Waals surface area contributed by atoms with Crippen LogP contribution >= 0.6 is 11.8 Å². The lowest BCUT2D eigenvalue weighted by molar-refractivity contribution is -0.0224. The molecule has 2 fully saturated rings. The molecule has 2 saturated heterocycles. The molecular weight excluding hydrogens is 262 g/mol. The van der Waals surface area contributed by atoms with Crippen molar-refractivity contribution in [3.8, 4) is 0 Å². The van der Waals surface area contributed by atoms with Gasteiger partial charge >= 0.3 is 0 Å². The van der Waals surface area contributed by atoms with E-state index in [1.165, 1.54) is 0 Å². The summed E-state index contributed by atoms with van der Waals surface area (Å²) < 4.78 is 10.8. The molecule has 0 saturated carbocycles. The molecule has 0 bridgehead atoms. The van der Waals surface area contributed by atoms with E-state index in [0.717, 1.165) is 63.8 Å². The van der Waals surface area contributed by atoms with Crippen LogP contribution in [0.4, 0.5) is 0 Å². The molecule has 0 aliphatic carbocycles. The summed E-state index contributed by atoms with van der Waals surface area (Å²) in [4.78, 5) is 6.83. The highest BCUT2D eigenvalue weighted by molar-refractivity contribution is 7.99. The lowest BCUT2D eigenvalue weighted by Gasteiger charge is -2.36. The van der Waals surface area contributed by atoms with Gasteiger partial charge in [0.1, 0.15) is 0 Å². The van der Waals surface area contributed by atoms with Gasteiger partial charge in [-0.15, -0.1) is 0 Å². The lowest BCUT2D eigenvalue weighted by Crippen LogP contribution is -2.44. The molecule has 19 heavy (non-hydrogen) atoms. The van der Waals surface area contributed by atoms with Crippen molar-refractivity contribution in [1.29, 1.82) is 0 Å². The average Bonchev–Trinajstić information content (AvgIpc) is 2.47. The number of aliphatic imine (C=N–C) groups is 1. The second-order valence-corrected chi connectivity index (χ2v) is 6.54. The van der Waals surface area contributed by atoms with Gasteiger partial charge in [0.05, 0.1) is 13.2 Å². The monoisotopic (exact) mass is 287 g/mol. The van der Waals surface area contributed by atoms with E-state index in [-0.39, 0.29) is 5.41 Å². The maximum atomic E-state index is 6.12. The van der Waals surface area contributed by atoms with Crippen molar-refractivity contribution < 1.29 is 9.47 Å². The highest BCUT2D eigenvalue weighted by Crippen LogP contribution is 2.31. The van der Waals surface area contributed by atoms with Crippen molar-refractivity contribution in [1.82, 2.24) is 4.90 Å². The topological polar surface area (TPSA) is 60.1 Å². The van der Waals surface area contributed by atoms with Crippen LogP contribution < -0.4 is 5.73 Å². The Labute approximate surface area is 119 Å². The Morgan fingerprint density at radius 2 is 2.05 bits per heavy atom. The van der Waals surface area contributed by atoms with Crippen molar-refractivity contribution in [3.05, 3.63) is 0 Å². The minimum Gasteiger partial charge on any atom is -0.384 e. The number of nitrogens with two attached hydrogens (primary N) is 1. The second-order valence-electron chi connectivity index (χ2n) is 5.32. The molecule has 2 N–H and O–H groups in total. The first-order valence-corrected chi connectivity index (χ1v) is 8.11. The Bertz CT molecular complexity index is 295. The molecule has 110 valence electrons. The van der Waals surface area contributed by atoms with E-state index in [1.54, 1.807) is 7.11 Å². The number of hydrogen-bond donors (Lipinski definition) is 1. The van der Waals surface area contributed by atoms with Crippen LogP contribution in [0.2, 0.25) is 0 Å². The number of rotatable bonds is 4. The molecule has 2 heterocycles. The van der Waals surface area contributed by atoms with E-state index in [9.17, 15) is 0 Å². The average molecular weight is 287 g/mol.